The van der Waals surface area contributed by atoms with Crippen LogP contribution in [0.5, 0.6) is 0 Å². The van der Waals surface area contributed by atoms with Crippen molar-refractivity contribution in [3.05, 3.63) is 52.2 Å². The van der Waals surface area contributed by atoms with Crippen molar-refractivity contribution in [2.45, 2.75) is 32.7 Å². The summed E-state index contributed by atoms with van der Waals surface area (Å²) < 4.78 is 0. The first-order valence-electron chi connectivity index (χ1n) is 6.86. The van der Waals surface area contributed by atoms with Gasteiger partial charge < -0.3 is 5.32 Å². The second-order valence-corrected chi connectivity index (χ2v) is 5.95. The molecule has 1 amide bonds. The number of thiazole rings is 1. The smallest absolute Gasteiger partial charge is 0.244 e. The van der Waals surface area contributed by atoms with Crippen molar-refractivity contribution in [2.24, 2.45) is 0 Å². The van der Waals surface area contributed by atoms with Gasteiger partial charge in [0.1, 0.15) is 5.01 Å². The summed E-state index contributed by atoms with van der Waals surface area (Å²) in [4.78, 5) is 20.6. The fourth-order valence-corrected chi connectivity index (χ4v) is 2.85. The van der Waals surface area contributed by atoms with E-state index >= 15 is 0 Å². The van der Waals surface area contributed by atoms with Crippen molar-refractivity contribution in [3.8, 4) is 0 Å². The molecule has 0 saturated carbocycles. The molecule has 0 radical (unpaired) electrons. The first kappa shape index (κ1) is 15.4. The number of nitrogens with one attached hydrogen (secondary N) is 1. The highest BCUT2D eigenvalue weighted by atomic mass is 32.1. The molecular weight excluding hydrogens is 282 g/mol. The molecule has 0 fully saturated rings. The highest BCUT2D eigenvalue weighted by Gasteiger charge is 2.28. The molecule has 4 nitrogen and oxygen atoms in total. The monoisotopic (exact) mass is 301 g/mol. The summed E-state index contributed by atoms with van der Waals surface area (Å²) in [6, 6.07) is 3.74. The van der Waals surface area contributed by atoms with Crippen molar-refractivity contribution in [3.63, 3.8) is 0 Å². The van der Waals surface area contributed by atoms with Crippen LogP contribution in [-0.2, 0) is 10.3 Å². The highest BCUT2D eigenvalue weighted by molar-refractivity contribution is 7.09. The average Bonchev–Trinajstić information content (AvgIpc) is 2.93. The maximum absolute atomic E-state index is 12.1. The molecule has 0 spiro atoms. The van der Waals surface area contributed by atoms with Gasteiger partial charge >= 0.3 is 0 Å². The first-order valence-corrected chi connectivity index (χ1v) is 7.74. The Kier molecular flexibility index (Phi) is 4.85. The second kappa shape index (κ2) is 6.63. The van der Waals surface area contributed by atoms with Crippen LogP contribution in [0.25, 0.3) is 6.08 Å². The Morgan fingerprint density at radius 2 is 2.33 bits per heavy atom. The number of nitrogens with zero attached hydrogens (tertiary/aromatic N) is 2. The lowest BCUT2D eigenvalue weighted by atomic mass is 10.00. The highest BCUT2D eigenvalue weighted by Crippen LogP contribution is 2.27. The van der Waals surface area contributed by atoms with E-state index in [9.17, 15) is 4.79 Å². The van der Waals surface area contributed by atoms with Gasteiger partial charge in [-0.05, 0) is 38.0 Å². The van der Waals surface area contributed by atoms with Gasteiger partial charge in [0.15, 0.2) is 0 Å². The van der Waals surface area contributed by atoms with Crippen LogP contribution in [0.2, 0.25) is 0 Å². The van der Waals surface area contributed by atoms with Crippen LogP contribution in [-0.4, -0.2) is 15.9 Å². The lowest BCUT2D eigenvalue weighted by Gasteiger charge is -2.26. The Morgan fingerprint density at radius 3 is 2.90 bits per heavy atom. The summed E-state index contributed by atoms with van der Waals surface area (Å²) in [5, 5.41) is 5.98. The molecule has 5 heteroatoms. The second-order valence-electron chi connectivity index (χ2n) is 5.09. The van der Waals surface area contributed by atoms with E-state index in [4.69, 9.17) is 0 Å². The SMILES string of the molecule is CCC(C)(NC(=O)/C=C/c1cccnc1)c1nc(C)cs1. The number of carbonyl (C=O) groups is 1. The van der Waals surface area contributed by atoms with Crippen molar-refractivity contribution >= 4 is 23.3 Å². The molecule has 1 atom stereocenters. The van der Waals surface area contributed by atoms with Gasteiger partial charge in [0.05, 0.1) is 5.54 Å². The zero-order valence-corrected chi connectivity index (χ0v) is 13.3. The number of aromatic nitrogens is 2. The minimum Gasteiger partial charge on any atom is -0.341 e. The summed E-state index contributed by atoms with van der Waals surface area (Å²) >= 11 is 1.58. The standard InChI is InChI=1S/C16H19N3OS/c1-4-16(3,15-18-12(2)11-21-15)19-14(20)8-7-13-6-5-9-17-10-13/h5-11H,4H2,1-3H3,(H,19,20)/b8-7+. The van der Waals surface area contributed by atoms with Gasteiger partial charge in [-0.2, -0.15) is 0 Å². The number of hydrogen-bond acceptors (Lipinski definition) is 4. The molecule has 0 aromatic carbocycles. The predicted octanol–water partition coefficient (Wildman–Crippen LogP) is 3.30. The third-order valence-corrected chi connectivity index (χ3v) is 4.53. The minimum absolute atomic E-state index is 0.129. The van der Waals surface area contributed by atoms with Crippen molar-refractivity contribution in [1.29, 1.82) is 0 Å². The van der Waals surface area contributed by atoms with E-state index in [-0.39, 0.29) is 5.91 Å². The van der Waals surface area contributed by atoms with Crippen LogP contribution in [0.3, 0.4) is 0 Å². The fourth-order valence-electron chi connectivity index (χ4n) is 1.86. The summed E-state index contributed by atoms with van der Waals surface area (Å²) in [6.45, 7) is 6.00. The summed E-state index contributed by atoms with van der Waals surface area (Å²) in [5.41, 5.74) is 1.45. The molecule has 0 aliphatic heterocycles. The van der Waals surface area contributed by atoms with Crippen molar-refractivity contribution in [2.75, 3.05) is 0 Å². The zero-order chi connectivity index (χ0) is 15.3. The van der Waals surface area contributed by atoms with Gasteiger partial charge in [-0.1, -0.05) is 13.0 Å². The van der Waals surface area contributed by atoms with E-state index in [1.54, 1.807) is 29.8 Å². The van der Waals surface area contributed by atoms with Crippen molar-refractivity contribution in [1.82, 2.24) is 15.3 Å². The third-order valence-electron chi connectivity index (χ3n) is 3.31. The lowest BCUT2D eigenvalue weighted by Crippen LogP contribution is -2.42. The maximum Gasteiger partial charge on any atom is 0.244 e. The molecular formula is C16H19N3OS. The predicted molar refractivity (Wildman–Crippen MR) is 85.9 cm³/mol. The molecule has 0 bridgehead atoms. The van der Waals surface area contributed by atoms with E-state index in [0.717, 1.165) is 22.7 Å². The first-order chi connectivity index (χ1) is 10.0. The summed E-state index contributed by atoms with van der Waals surface area (Å²) in [6.07, 6.45) is 7.49. The Morgan fingerprint density at radius 1 is 1.52 bits per heavy atom. The van der Waals surface area contributed by atoms with Crippen LogP contribution >= 0.6 is 11.3 Å². The number of rotatable bonds is 5. The van der Waals surface area contributed by atoms with Gasteiger partial charge in [-0.25, -0.2) is 4.98 Å². The van der Waals surface area contributed by atoms with Crippen LogP contribution in [0, 0.1) is 6.92 Å². The molecule has 1 unspecified atom stereocenters. The quantitative estimate of drug-likeness (QED) is 0.862. The lowest BCUT2D eigenvalue weighted by molar-refractivity contribution is -0.118. The van der Waals surface area contributed by atoms with E-state index < -0.39 is 5.54 Å². The molecule has 0 aliphatic rings. The van der Waals surface area contributed by atoms with E-state index in [1.165, 1.54) is 6.08 Å². The number of pyridine rings is 1. The number of carbonyl (C=O) groups excluding carboxylic acids is 1. The minimum atomic E-state index is -0.435. The summed E-state index contributed by atoms with van der Waals surface area (Å²) in [7, 11) is 0. The molecule has 2 heterocycles. The molecule has 2 rings (SSSR count). The Bertz CT molecular complexity index is 636. The topological polar surface area (TPSA) is 54.9 Å². The van der Waals surface area contributed by atoms with Gasteiger partial charge in [0.2, 0.25) is 5.91 Å². The maximum atomic E-state index is 12.1. The van der Waals surface area contributed by atoms with E-state index in [1.807, 2.05) is 38.3 Å². The zero-order valence-electron chi connectivity index (χ0n) is 12.5. The molecule has 2 aromatic rings. The largest absolute Gasteiger partial charge is 0.341 e. The van der Waals surface area contributed by atoms with Gasteiger partial charge in [0, 0.05) is 29.5 Å². The van der Waals surface area contributed by atoms with Crippen LogP contribution in [0.1, 0.15) is 36.5 Å². The Balaban J connectivity index is 2.08. The van der Waals surface area contributed by atoms with Crippen LogP contribution in [0.4, 0.5) is 0 Å². The Labute approximate surface area is 129 Å². The molecule has 21 heavy (non-hydrogen) atoms. The van der Waals surface area contributed by atoms with Gasteiger partial charge in [-0.3, -0.25) is 9.78 Å². The van der Waals surface area contributed by atoms with E-state index in [2.05, 4.69) is 15.3 Å². The molecule has 110 valence electrons. The van der Waals surface area contributed by atoms with Gasteiger partial charge in [0.25, 0.3) is 0 Å². The van der Waals surface area contributed by atoms with Crippen molar-refractivity contribution < 1.29 is 4.79 Å². The molecule has 2 aromatic heterocycles. The number of aryl methyl sites for hydroxylation is 1. The third kappa shape index (κ3) is 3.98. The number of hydrogen-bond donors (Lipinski definition) is 1. The molecule has 0 saturated heterocycles. The molecule has 1 N–H and O–H groups in total. The Hall–Kier alpha value is -2.01. The summed E-state index contributed by atoms with van der Waals surface area (Å²) in [5.74, 6) is -0.129. The van der Waals surface area contributed by atoms with Crippen LogP contribution in [0.15, 0.2) is 36.0 Å². The van der Waals surface area contributed by atoms with E-state index in [0.29, 0.717) is 0 Å². The molecule has 0 aliphatic carbocycles. The fraction of sp³-hybridized carbons (Fsp3) is 0.312. The van der Waals surface area contributed by atoms with Crippen LogP contribution < -0.4 is 5.32 Å². The van der Waals surface area contributed by atoms with Gasteiger partial charge in [-0.15, -0.1) is 11.3 Å². The average molecular weight is 301 g/mol. The normalized spacial score (nSPS) is 14.0. The number of amides is 1.